The molecule has 2 atom stereocenters. The van der Waals surface area contributed by atoms with Crippen LogP contribution in [0.4, 0.5) is 0 Å². The van der Waals surface area contributed by atoms with Crippen LogP contribution in [0.3, 0.4) is 0 Å². The second kappa shape index (κ2) is 8.22. The van der Waals surface area contributed by atoms with E-state index < -0.39 is 12.0 Å². The van der Waals surface area contributed by atoms with Gasteiger partial charge in [0, 0.05) is 35.7 Å². The number of aryl methyl sites for hydroxylation is 1. The Morgan fingerprint density at radius 2 is 2.03 bits per heavy atom. The third-order valence-corrected chi connectivity index (χ3v) is 7.21. The lowest BCUT2D eigenvalue weighted by molar-refractivity contribution is -0.152. The van der Waals surface area contributed by atoms with Crippen molar-refractivity contribution in [2.24, 2.45) is 0 Å². The number of methoxy groups -OCH3 is 1. The van der Waals surface area contributed by atoms with Gasteiger partial charge in [-0.25, -0.2) is 4.79 Å². The molecule has 8 nitrogen and oxygen atoms in total. The quantitative estimate of drug-likeness (QED) is 0.489. The van der Waals surface area contributed by atoms with Crippen molar-refractivity contribution in [3.63, 3.8) is 0 Å². The lowest BCUT2D eigenvalue weighted by Gasteiger charge is -2.29. The Balaban J connectivity index is 1.62. The second-order valence-corrected chi connectivity index (χ2v) is 9.06. The van der Waals surface area contributed by atoms with Crippen molar-refractivity contribution < 1.29 is 28.7 Å². The normalized spacial score (nSPS) is 23.2. The molecule has 0 N–H and O–H groups in total. The van der Waals surface area contributed by atoms with Crippen LogP contribution >= 0.6 is 11.8 Å². The number of amides is 1. The second-order valence-electron chi connectivity index (χ2n) is 7.56. The van der Waals surface area contributed by atoms with E-state index in [-0.39, 0.29) is 35.6 Å². The van der Waals surface area contributed by atoms with Crippen molar-refractivity contribution in [1.82, 2.24) is 9.47 Å². The van der Waals surface area contributed by atoms with E-state index in [0.717, 1.165) is 12.1 Å². The average Bonchev–Trinajstić information content (AvgIpc) is 3.28. The van der Waals surface area contributed by atoms with Crippen LogP contribution in [0, 0.1) is 13.8 Å². The number of fused-ring (bicyclic) bond motifs is 1. The zero-order valence-corrected chi connectivity index (χ0v) is 18.0. The van der Waals surface area contributed by atoms with Crippen molar-refractivity contribution in [3.8, 4) is 0 Å². The van der Waals surface area contributed by atoms with Crippen molar-refractivity contribution in [2.75, 3.05) is 19.5 Å². The van der Waals surface area contributed by atoms with Gasteiger partial charge in [0.1, 0.15) is 6.04 Å². The first kappa shape index (κ1) is 21.4. The molecule has 0 spiro atoms. The van der Waals surface area contributed by atoms with Crippen LogP contribution in [-0.4, -0.2) is 63.5 Å². The molecule has 0 aliphatic carbocycles. The van der Waals surface area contributed by atoms with E-state index >= 15 is 0 Å². The van der Waals surface area contributed by atoms with Crippen LogP contribution in [0.25, 0.3) is 0 Å². The number of carbonyl (C=O) groups excluding carboxylic acids is 4. The Hall–Kier alpha value is -2.29. The Labute approximate surface area is 173 Å². The van der Waals surface area contributed by atoms with E-state index in [1.54, 1.807) is 29.7 Å². The Bertz CT molecular complexity index is 863. The molecule has 2 aliphatic rings. The number of hydrogen-bond donors (Lipinski definition) is 0. The van der Waals surface area contributed by atoms with E-state index in [0.29, 0.717) is 30.0 Å². The monoisotopic (exact) mass is 422 g/mol. The Morgan fingerprint density at radius 1 is 1.31 bits per heavy atom. The number of ether oxygens (including phenoxy) is 2. The number of carbonyl (C=O) groups is 4. The summed E-state index contributed by atoms with van der Waals surface area (Å²) in [7, 11) is 1.34. The Kier molecular flexibility index (Phi) is 6.07. The summed E-state index contributed by atoms with van der Waals surface area (Å²) < 4.78 is 11.8. The largest absolute Gasteiger partial charge is 0.469 e. The summed E-state index contributed by atoms with van der Waals surface area (Å²) in [6, 6.07) is 1.09. The maximum Gasteiger partial charge on any atom is 0.330 e. The van der Waals surface area contributed by atoms with E-state index in [1.165, 1.54) is 7.11 Å². The maximum absolute atomic E-state index is 12.6. The molecule has 2 aliphatic heterocycles. The fourth-order valence-corrected chi connectivity index (χ4v) is 5.46. The molecule has 1 amide bonds. The van der Waals surface area contributed by atoms with Crippen molar-refractivity contribution in [3.05, 3.63) is 23.0 Å². The molecule has 2 saturated heterocycles. The summed E-state index contributed by atoms with van der Waals surface area (Å²) in [4.78, 5) is 50.0. The SMILES string of the molecule is COC(=O)CCn1c(C)cc(C(=O)COC(=O)[C@@H]2CS[C@]3(C)CCC(=O)N23)c1C. The van der Waals surface area contributed by atoms with E-state index in [1.807, 2.05) is 18.4 Å². The molecule has 3 heterocycles. The molecule has 0 aromatic carbocycles. The zero-order chi connectivity index (χ0) is 21.3. The number of ketones is 1. The standard InChI is InChI=1S/C20H26N2O6S/c1-12-9-14(13(2)21(12)8-6-18(25)27-4)16(23)10-28-19(26)15-11-29-20(3)7-5-17(24)22(15)20/h9,15H,5-8,10-11H2,1-4H3/t15-,20+/m0/s1. The number of rotatable bonds is 7. The number of nitrogens with zero attached hydrogens (tertiary/aromatic N) is 2. The van der Waals surface area contributed by atoms with Gasteiger partial charge in [0.05, 0.1) is 18.4 Å². The topological polar surface area (TPSA) is 94.9 Å². The maximum atomic E-state index is 12.6. The highest BCUT2D eigenvalue weighted by Crippen LogP contribution is 2.47. The molecule has 29 heavy (non-hydrogen) atoms. The van der Waals surface area contributed by atoms with Crippen LogP contribution in [0.2, 0.25) is 0 Å². The molecular weight excluding hydrogens is 396 g/mol. The first-order valence-electron chi connectivity index (χ1n) is 9.57. The Morgan fingerprint density at radius 3 is 2.72 bits per heavy atom. The first-order chi connectivity index (χ1) is 13.7. The average molecular weight is 423 g/mol. The first-order valence-corrected chi connectivity index (χ1v) is 10.6. The van der Waals surface area contributed by atoms with Gasteiger partial charge in [-0.3, -0.25) is 14.4 Å². The molecular formula is C20H26N2O6S. The molecule has 0 bridgehead atoms. The summed E-state index contributed by atoms with van der Waals surface area (Å²) in [6.45, 7) is 5.64. The third kappa shape index (κ3) is 4.05. The van der Waals surface area contributed by atoms with Gasteiger partial charge in [-0.05, 0) is 33.3 Å². The van der Waals surface area contributed by atoms with E-state index in [9.17, 15) is 19.2 Å². The number of Topliss-reactive ketones (excluding diaryl/α,β-unsaturated/α-hetero) is 1. The highest BCUT2D eigenvalue weighted by Gasteiger charge is 2.53. The smallest absolute Gasteiger partial charge is 0.330 e. The molecule has 2 fully saturated rings. The fraction of sp³-hybridized carbons (Fsp3) is 0.600. The predicted molar refractivity (Wildman–Crippen MR) is 107 cm³/mol. The van der Waals surface area contributed by atoms with Crippen molar-refractivity contribution in [1.29, 1.82) is 0 Å². The number of hydrogen-bond acceptors (Lipinski definition) is 7. The molecule has 0 unspecified atom stereocenters. The van der Waals surface area contributed by atoms with Gasteiger partial charge in [-0.1, -0.05) is 0 Å². The van der Waals surface area contributed by atoms with Crippen LogP contribution in [0.5, 0.6) is 0 Å². The van der Waals surface area contributed by atoms with E-state index in [2.05, 4.69) is 4.74 Å². The molecule has 158 valence electrons. The van der Waals surface area contributed by atoms with Crippen LogP contribution < -0.4 is 0 Å². The van der Waals surface area contributed by atoms with E-state index in [4.69, 9.17) is 4.74 Å². The van der Waals surface area contributed by atoms with Gasteiger partial charge in [0.2, 0.25) is 11.7 Å². The van der Waals surface area contributed by atoms with Gasteiger partial charge >= 0.3 is 11.9 Å². The van der Waals surface area contributed by atoms with Gasteiger partial charge in [0.25, 0.3) is 0 Å². The minimum Gasteiger partial charge on any atom is -0.469 e. The molecule has 0 saturated carbocycles. The third-order valence-electron chi connectivity index (χ3n) is 5.70. The molecule has 9 heteroatoms. The number of thioether (sulfide) groups is 1. The highest BCUT2D eigenvalue weighted by molar-refractivity contribution is 8.01. The predicted octanol–water partition coefficient (Wildman–Crippen LogP) is 1.85. The summed E-state index contributed by atoms with van der Waals surface area (Å²) in [5.74, 6) is -0.726. The lowest BCUT2D eigenvalue weighted by Crippen LogP contribution is -2.46. The molecule has 1 aromatic heterocycles. The summed E-state index contributed by atoms with van der Waals surface area (Å²) in [5.41, 5.74) is 2.01. The van der Waals surface area contributed by atoms with Crippen molar-refractivity contribution in [2.45, 2.75) is 57.5 Å². The fourth-order valence-electron chi connectivity index (χ4n) is 4.04. The van der Waals surface area contributed by atoms with Gasteiger partial charge in [-0.15, -0.1) is 11.8 Å². The van der Waals surface area contributed by atoms with Gasteiger partial charge < -0.3 is 18.9 Å². The molecule has 3 rings (SSSR count). The minimum absolute atomic E-state index is 0.0417. The summed E-state index contributed by atoms with van der Waals surface area (Å²) in [6.07, 6.45) is 1.36. The van der Waals surface area contributed by atoms with Crippen molar-refractivity contribution >= 4 is 35.4 Å². The van der Waals surface area contributed by atoms with Crippen LogP contribution in [-0.2, 0) is 30.4 Å². The summed E-state index contributed by atoms with van der Waals surface area (Å²) in [5, 5.41) is 0. The minimum atomic E-state index is -0.639. The highest BCUT2D eigenvalue weighted by atomic mass is 32.2. The zero-order valence-electron chi connectivity index (χ0n) is 17.1. The van der Waals surface area contributed by atoms with Crippen LogP contribution in [0.15, 0.2) is 6.07 Å². The lowest BCUT2D eigenvalue weighted by atomic mass is 10.1. The molecule has 0 radical (unpaired) electrons. The van der Waals surface area contributed by atoms with Gasteiger partial charge in [-0.2, -0.15) is 0 Å². The number of aromatic nitrogens is 1. The van der Waals surface area contributed by atoms with Gasteiger partial charge in [0.15, 0.2) is 6.61 Å². The molecule has 1 aromatic rings. The number of esters is 2. The van der Waals surface area contributed by atoms with Crippen LogP contribution in [0.1, 0.15) is 47.9 Å². The summed E-state index contributed by atoms with van der Waals surface area (Å²) >= 11 is 1.58.